The van der Waals surface area contributed by atoms with Crippen LogP contribution >= 0.6 is 0 Å². The fourth-order valence-corrected chi connectivity index (χ4v) is 1.57. The van der Waals surface area contributed by atoms with E-state index in [1.807, 2.05) is 12.1 Å². The quantitative estimate of drug-likeness (QED) is 0.674. The van der Waals surface area contributed by atoms with Gasteiger partial charge in [0.15, 0.2) is 0 Å². The molecule has 0 aromatic heterocycles. The van der Waals surface area contributed by atoms with Crippen LogP contribution in [0.5, 0.6) is 11.5 Å². The Morgan fingerprint density at radius 2 is 1.79 bits per heavy atom. The maximum absolute atomic E-state index is 11.5. The van der Waals surface area contributed by atoms with Gasteiger partial charge < -0.3 is 15.2 Å². The number of rotatable bonds is 4. The van der Waals surface area contributed by atoms with Crippen molar-refractivity contribution < 1.29 is 14.3 Å². The van der Waals surface area contributed by atoms with Crippen molar-refractivity contribution in [3.63, 3.8) is 0 Å². The number of benzene rings is 2. The van der Waals surface area contributed by atoms with E-state index < -0.39 is 0 Å². The molecule has 0 amide bonds. The third-order valence-corrected chi connectivity index (χ3v) is 2.51. The van der Waals surface area contributed by atoms with Crippen molar-refractivity contribution in [3.05, 3.63) is 54.1 Å². The molecule has 0 aliphatic carbocycles. The number of carbonyl (C=O) groups is 1. The summed E-state index contributed by atoms with van der Waals surface area (Å²) in [4.78, 5) is 11.5. The second-order valence-corrected chi connectivity index (χ2v) is 3.88. The van der Waals surface area contributed by atoms with Crippen molar-refractivity contribution in [3.8, 4) is 11.5 Å². The standard InChI is InChI=1S/C15H15NO3/c1-2-18-15(17)11-7-9-12(10-8-11)19-14-6-4-3-5-13(14)16/h3-10H,2,16H2,1H3. The van der Waals surface area contributed by atoms with Gasteiger partial charge in [0.2, 0.25) is 0 Å². The first kappa shape index (κ1) is 13.0. The molecule has 2 aromatic carbocycles. The van der Waals surface area contributed by atoms with Crippen LogP contribution in [0.1, 0.15) is 17.3 Å². The molecule has 4 heteroatoms. The number of anilines is 1. The van der Waals surface area contributed by atoms with Crippen LogP contribution in [0, 0.1) is 0 Å². The number of hydrogen-bond donors (Lipinski definition) is 1. The van der Waals surface area contributed by atoms with Gasteiger partial charge in [0.25, 0.3) is 0 Å². The van der Waals surface area contributed by atoms with E-state index in [4.69, 9.17) is 15.2 Å². The van der Waals surface area contributed by atoms with Crippen molar-refractivity contribution in [2.45, 2.75) is 6.92 Å². The first-order chi connectivity index (χ1) is 9.20. The average molecular weight is 257 g/mol. The van der Waals surface area contributed by atoms with E-state index in [-0.39, 0.29) is 5.97 Å². The summed E-state index contributed by atoms with van der Waals surface area (Å²) in [5, 5.41) is 0. The molecule has 0 aliphatic heterocycles. The first-order valence-electron chi connectivity index (χ1n) is 6.00. The van der Waals surface area contributed by atoms with E-state index in [0.29, 0.717) is 29.4 Å². The van der Waals surface area contributed by atoms with Crippen molar-refractivity contribution in [2.24, 2.45) is 0 Å². The van der Waals surface area contributed by atoms with Gasteiger partial charge in [0.1, 0.15) is 11.5 Å². The smallest absolute Gasteiger partial charge is 0.338 e. The summed E-state index contributed by atoms with van der Waals surface area (Å²) in [6.45, 7) is 2.13. The summed E-state index contributed by atoms with van der Waals surface area (Å²) in [5.74, 6) is 0.866. The Hall–Kier alpha value is -2.49. The van der Waals surface area contributed by atoms with Crippen molar-refractivity contribution in [1.29, 1.82) is 0 Å². The molecule has 4 nitrogen and oxygen atoms in total. The zero-order valence-electron chi connectivity index (χ0n) is 10.6. The fraction of sp³-hybridized carbons (Fsp3) is 0.133. The van der Waals surface area contributed by atoms with Gasteiger partial charge in [-0.15, -0.1) is 0 Å². The Morgan fingerprint density at radius 3 is 2.42 bits per heavy atom. The Bertz CT molecular complexity index is 564. The number of hydrogen-bond acceptors (Lipinski definition) is 4. The van der Waals surface area contributed by atoms with E-state index >= 15 is 0 Å². The number of nitrogens with two attached hydrogens (primary N) is 1. The highest BCUT2D eigenvalue weighted by molar-refractivity contribution is 5.89. The first-order valence-corrected chi connectivity index (χ1v) is 6.00. The highest BCUT2D eigenvalue weighted by atomic mass is 16.5. The van der Waals surface area contributed by atoms with Crippen LogP contribution in [-0.4, -0.2) is 12.6 Å². The Morgan fingerprint density at radius 1 is 1.11 bits per heavy atom. The number of carbonyl (C=O) groups excluding carboxylic acids is 1. The molecule has 2 rings (SSSR count). The third-order valence-electron chi connectivity index (χ3n) is 2.51. The van der Waals surface area contributed by atoms with Gasteiger partial charge in [0.05, 0.1) is 17.9 Å². The van der Waals surface area contributed by atoms with Gasteiger partial charge >= 0.3 is 5.97 Å². The predicted octanol–water partition coefficient (Wildman–Crippen LogP) is 3.24. The lowest BCUT2D eigenvalue weighted by atomic mass is 10.2. The fourth-order valence-electron chi connectivity index (χ4n) is 1.57. The van der Waals surface area contributed by atoms with Crippen molar-refractivity contribution in [1.82, 2.24) is 0 Å². The molecular weight excluding hydrogens is 242 g/mol. The molecule has 0 saturated carbocycles. The van der Waals surface area contributed by atoms with Crippen molar-refractivity contribution >= 4 is 11.7 Å². The zero-order valence-corrected chi connectivity index (χ0v) is 10.6. The van der Waals surface area contributed by atoms with Gasteiger partial charge in [-0.25, -0.2) is 4.79 Å². The minimum atomic E-state index is -0.340. The lowest BCUT2D eigenvalue weighted by Gasteiger charge is -2.08. The normalized spacial score (nSPS) is 9.95. The molecular formula is C15H15NO3. The van der Waals surface area contributed by atoms with Gasteiger partial charge in [-0.1, -0.05) is 12.1 Å². The van der Waals surface area contributed by atoms with Gasteiger partial charge in [-0.2, -0.15) is 0 Å². The lowest BCUT2D eigenvalue weighted by molar-refractivity contribution is 0.0526. The predicted molar refractivity (Wildman–Crippen MR) is 73.3 cm³/mol. The Balaban J connectivity index is 2.11. The van der Waals surface area contributed by atoms with Crippen molar-refractivity contribution in [2.75, 3.05) is 12.3 Å². The molecule has 0 unspecified atom stereocenters. The van der Waals surface area contributed by atoms with Crippen LogP contribution in [-0.2, 0) is 4.74 Å². The zero-order chi connectivity index (χ0) is 13.7. The summed E-state index contributed by atoms with van der Waals surface area (Å²) in [7, 11) is 0. The van der Waals surface area contributed by atoms with E-state index in [1.165, 1.54) is 0 Å². The minimum absolute atomic E-state index is 0.340. The van der Waals surface area contributed by atoms with Crippen LogP contribution in [0.3, 0.4) is 0 Å². The lowest BCUT2D eigenvalue weighted by Crippen LogP contribution is -2.04. The summed E-state index contributed by atoms with van der Waals surface area (Å²) in [6.07, 6.45) is 0. The van der Waals surface area contributed by atoms with E-state index in [0.717, 1.165) is 0 Å². The monoisotopic (exact) mass is 257 g/mol. The molecule has 0 aliphatic rings. The summed E-state index contributed by atoms with van der Waals surface area (Å²) >= 11 is 0. The maximum atomic E-state index is 11.5. The maximum Gasteiger partial charge on any atom is 0.338 e. The van der Waals surface area contributed by atoms with Gasteiger partial charge in [-0.3, -0.25) is 0 Å². The van der Waals surface area contributed by atoms with Crippen LogP contribution in [0.4, 0.5) is 5.69 Å². The minimum Gasteiger partial charge on any atom is -0.462 e. The molecule has 0 radical (unpaired) electrons. The molecule has 19 heavy (non-hydrogen) atoms. The molecule has 2 N–H and O–H groups in total. The molecule has 2 aromatic rings. The number of esters is 1. The summed E-state index contributed by atoms with van der Waals surface area (Å²) in [5.41, 5.74) is 6.85. The Kier molecular flexibility index (Phi) is 4.03. The largest absolute Gasteiger partial charge is 0.462 e. The molecule has 0 fully saturated rings. The van der Waals surface area contributed by atoms with Gasteiger partial charge in [0, 0.05) is 0 Å². The van der Waals surface area contributed by atoms with E-state index in [1.54, 1.807) is 43.3 Å². The second-order valence-electron chi connectivity index (χ2n) is 3.88. The SMILES string of the molecule is CCOC(=O)c1ccc(Oc2ccccc2N)cc1. The molecule has 0 saturated heterocycles. The van der Waals surface area contributed by atoms with E-state index in [9.17, 15) is 4.79 Å². The summed E-state index contributed by atoms with van der Waals surface area (Å²) in [6, 6.07) is 14.0. The Labute approximate surface area is 111 Å². The highest BCUT2D eigenvalue weighted by Gasteiger charge is 2.06. The van der Waals surface area contributed by atoms with Crippen LogP contribution in [0.2, 0.25) is 0 Å². The summed E-state index contributed by atoms with van der Waals surface area (Å²) < 4.78 is 10.5. The number of para-hydroxylation sites is 2. The third kappa shape index (κ3) is 3.25. The average Bonchev–Trinajstić information content (AvgIpc) is 2.42. The van der Waals surface area contributed by atoms with E-state index in [2.05, 4.69) is 0 Å². The van der Waals surface area contributed by atoms with Gasteiger partial charge in [-0.05, 0) is 43.3 Å². The van der Waals surface area contributed by atoms with Crippen LogP contribution in [0.15, 0.2) is 48.5 Å². The molecule has 0 atom stereocenters. The highest BCUT2D eigenvalue weighted by Crippen LogP contribution is 2.26. The van der Waals surface area contributed by atoms with Crippen LogP contribution in [0.25, 0.3) is 0 Å². The van der Waals surface area contributed by atoms with Crippen LogP contribution < -0.4 is 10.5 Å². The number of nitrogen functional groups attached to an aromatic ring is 1. The molecule has 0 spiro atoms. The molecule has 98 valence electrons. The topological polar surface area (TPSA) is 61.5 Å². The number of ether oxygens (including phenoxy) is 2. The molecule has 0 heterocycles. The second kappa shape index (κ2) is 5.91. The molecule has 0 bridgehead atoms.